The zero-order valence-electron chi connectivity index (χ0n) is 17.5. The quantitative estimate of drug-likeness (QED) is 0.456. The summed E-state index contributed by atoms with van der Waals surface area (Å²) in [6.07, 6.45) is 5.00. The van der Waals surface area contributed by atoms with Gasteiger partial charge in [-0.15, -0.1) is 0 Å². The molecule has 1 aliphatic rings. The van der Waals surface area contributed by atoms with Gasteiger partial charge in [-0.3, -0.25) is 0 Å². The monoisotopic (exact) mass is 442 g/mol. The molecule has 0 spiro atoms. The Morgan fingerprint density at radius 3 is 2.29 bits per heavy atom. The number of sulfonamides is 1. The zero-order chi connectivity index (χ0) is 22.3. The molecule has 1 fully saturated rings. The van der Waals surface area contributed by atoms with Crippen LogP contribution in [0, 0.1) is 11.3 Å². The van der Waals surface area contributed by atoms with Crippen LogP contribution in [0.5, 0.6) is 5.75 Å². The van der Waals surface area contributed by atoms with Crippen LogP contribution in [-0.2, 0) is 14.8 Å². The van der Waals surface area contributed by atoms with Gasteiger partial charge in [-0.2, -0.15) is 9.57 Å². The molecule has 0 heterocycles. The molecule has 0 bridgehead atoms. The number of benzene rings is 2. The van der Waals surface area contributed by atoms with Crippen LogP contribution in [0.3, 0.4) is 0 Å². The Morgan fingerprint density at radius 1 is 1.03 bits per heavy atom. The lowest BCUT2D eigenvalue weighted by Crippen LogP contribution is -2.38. The van der Waals surface area contributed by atoms with E-state index in [1.165, 1.54) is 28.6 Å². The van der Waals surface area contributed by atoms with Gasteiger partial charge in [-0.25, -0.2) is 13.2 Å². The molecule has 31 heavy (non-hydrogen) atoms. The van der Waals surface area contributed by atoms with Gasteiger partial charge in [0.05, 0.1) is 22.1 Å². The van der Waals surface area contributed by atoms with E-state index in [9.17, 15) is 13.2 Å². The summed E-state index contributed by atoms with van der Waals surface area (Å²) >= 11 is 0. The van der Waals surface area contributed by atoms with Gasteiger partial charge >= 0.3 is 5.97 Å². The number of esters is 1. The van der Waals surface area contributed by atoms with Gasteiger partial charge in [0, 0.05) is 13.1 Å². The highest BCUT2D eigenvalue weighted by atomic mass is 32.2. The van der Waals surface area contributed by atoms with Crippen LogP contribution in [0.1, 0.15) is 48.0 Å². The van der Waals surface area contributed by atoms with E-state index in [4.69, 9.17) is 14.7 Å². The Kier molecular flexibility index (Phi) is 7.66. The van der Waals surface area contributed by atoms with Gasteiger partial charge in [-0.1, -0.05) is 19.3 Å². The zero-order valence-corrected chi connectivity index (χ0v) is 18.3. The minimum absolute atomic E-state index is 0.0273. The van der Waals surface area contributed by atoms with Gasteiger partial charge in [-0.05, 0) is 61.4 Å². The summed E-state index contributed by atoms with van der Waals surface area (Å²) in [6, 6.07) is 14.5. The molecule has 0 N–H and O–H groups in total. The number of nitrogens with zero attached hydrogens (tertiary/aromatic N) is 2. The first-order valence-electron chi connectivity index (χ1n) is 10.3. The fraction of sp³-hybridized carbons (Fsp3) is 0.391. The third-order valence-electron chi connectivity index (χ3n) is 5.42. The van der Waals surface area contributed by atoms with E-state index in [0.29, 0.717) is 11.3 Å². The molecule has 0 saturated heterocycles. The van der Waals surface area contributed by atoms with Gasteiger partial charge in [0.15, 0.2) is 0 Å². The smallest absolute Gasteiger partial charge is 0.338 e. The molecule has 1 saturated carbocycles. The molecular weight excluding hydrogens is 416 g/mol. The van der Waals surface area contributed by atoms with Crippen molar-refractivity contribution in [2.24, 2.45) is 0 Å². The lowest BCUT2D eigenvalue weighted by Gasteiger charge is -2.30. The van der Waals surface area contributed by atoms with E-state index in [-0.39, 0.29) is 29.7 Å². The van der Waals surface area contributed by atoms with Crippen molar-refractivity contribution in [3.05, 3.63) is 59.7 Å². The number of carbonyl (C=O) groups is 1. The Balaban J connectivity index is 1.51. The molecule has 0 aromatic heterocycles. The van der Waals surface area contributed by atoms with Crippen LogP contribution < -0.4 is 4.74 Å². The van der Waals surface area contributed by atoms with Crippen molar-refractivity contribution in [1.29, 1.82) is 5.26 Å². The Morgan fingerprint density at radius 2 is 1.68 bits per heavy atom. The van der Waals surface area contributed by atoms with Crippen LogP contribution in [0.4, 0.5) is 0 Å². The molecule has 0 amide bonds. The van der Waals surface area contributed by atoms with Gasteiger partial charge < -0.3 is 9.47 Å². The normalized spacial score (nSPS) is 14.7. The third kappa shape index (κ3) is 5.84. The Labute approximate surface area is 183 Å². The summed E-state index contributed by atoms with van der Waals surface area (Å²) in [7, 11) is -1.97. The SMILES string of the molecule is CN(C1CCCCC1)S(=O)(=O)c1ccc(C(=O)OCCOc2ccc(C#N)cc2)cc1. The van der Waals surface area contributed by atoms with Crippen LogP contribution in [0.15, 0.2) is 53.4 Å². The van der Waals surface area contributed by atoms with Crippen molar-refractivity contribution >= 4 is 16.0 Å². The van der Waals surface area contributed by atoms with Crippen LogP contribution in [-0.4, -0.2) is 45.0 Å². The molecule has 0 radical (unpaired) electrons. The summed E-state index contributed by atoms with van der Waals surface area (Å²) in [6.45, 7) is 0.208. The number of nitriles is 1. The maximum Gasteiger partial charge on any atom is 0.338 e. The summed E-state index contributed by atoms with van der Waals surface area (Å²) in [5, 5.41) is 8.78. The maximum atomic E-state index is 12.9. The average molecular weight is 443 g/mol. The Hall–Kier alpha value is -2.89. The van der Waals surface area contributed by atoms with Crippen molar-refractivity contribution in [1.82, 2.24) is 4.31 Å². The van der Waals surface area contributed by atoms with Gasteiger partial charge in [0.2, 0.25) is 10.0 Å². The van der Waals surface area contributed by atoms with E-state index < -0.39 is 16.0 Å². The molecule has 2 aromatic carbocycles. The molecule has 0 aliphatic heterocycles. The molecule has 1 aliphatic carbocycles. The van der Waals surface area contributed by atoms with E-state index in [1.807, 2.05) is 6.07 Å². The van der Waals surface area contributed by atoms with Crippen molar-refractivity contribution in [2.45, 2.75) is 43.0 Å². The fourth-order valence-corrected chi connectivity index (χ4v) is 4.99. The van der Waals surface area contributed by atoms with Crippen LogP contribution >= 0.6 is 0 Å². The first kappa shape index (κ1) is 22.8. The maximum absolute atomic E-state index is 12.9. The summed E-state index contributed by atoms with van der Waals surface area (Å²) in [4.78, 5) is 12.4. The second kappa shape index (κ2) is 10.4. The van der Waals surface area contributed by atoms with Gasteiger partial charge in [0.25, 0.3) is 0 Å². The Bertz CT molecular complexity index is 1020. The molecule has 7 nitrogen and oxygen atoms in total. The third-order valence-corrected chi connectivity index (χ3v) is 7.35. The topological polar surface area (TPSA) is 96.7 Å². The number of ether oxygens (including phenoxy) is 2. The molecule has 164 valence electrons. The molecule has 2 aromatic rings. The lowest BCUT2D eigenvalue weighted by molar-refractivity contribution is 0.0450. The van der Waals surface area contributed by atoms with E-state index in [0.717, 1.165) is 32.1 Å². The summed E-state index contributed by atoms with van der Waals surface area (Å²) in [5.41, 5.74) is 0.812. The van der Waals surface area contributed by atoms with E-state index >= 15 is 0 Å². The minimum Gasteiger partial charge on any atom is -0.490 e. The van der Waals surface area contributed by atoms with E-state index in [1.54, 1.807) is 31.3 Å². The highest BCUT2D eigenvalue weighted by molar-refractivity contribution is 7.89. The standard InChI is InChI=1S/C23H26N2O5S/c1-25(20-5-3-2-4-6-20)31(27,28)22-13-9-19(10-14-22)23(26)30-16-15-29-21-11-7-18(17-24)8-12-21/h7-14,20H,2-6,15-16H2,1H3. The van der Waals surface area contributed by atoms with Crippen molar-refractivity contribution < 1.29 is 22.7 Å². The second-order valence-electron chi connectivity index (χ2n) is 7.46. The largest absolute Gasteiger partial charge is 0.490 e. The first-order chi connectivity index (χ1) is 14.9. The summed E-state index contributed by atoms with van der Waals surface area (Å²) < 4.78 is 37.9. The molecular formula is C23H26N2O5S. The molecule has 0 atom stereocenters. The summed E-state index contributed by atoms with van der Waals surface area (Å²) in [5.74, 6) is 0.0275. The molecule has 0 unspecified atom stereocenters. The predicted octanol–water partition coefficient (Wildman–Crippen LogP) is 3.75. The first-order valence-corrected chi connectivity index (χ1v) is 11.7. The highest BCUT2D eigenvalue weighted by Gasteiger charge is 2.29. The lowest BCUT2D eigenvalue weighted by atomic mass is 9.96. The highest BCUT2D eigenvalue weighted by Crippen LogP contribution is 2.26. The number of hydrogen-bond donors (Lipinski definition) is 0. The average Bonchev–Trinajstić information content (AvgIpc) is 2.82. The van der Waals surface area contributed by atoms with Gasteiger partial charge in [0.1, 0.15) is 19.0 Å². The number of carbonyl (C=O) groups excluding carboxylic acids is 1. The number of hydrogen-bond acceptors (Lipinski definition) is 6. The van der Waals surface area contributed by atoms with Crippen molar-refractivity contribution in [2.75, 3.05) is 20.3 Å². The molecule has 8 heteroatoms. The van der Waals surface area contributed by atoms with E-state index in [2.05, 4.69) is 0 Å². The van der Waals surface area contributed by atoms with Crippen LogP contribution in [0.2, 0.25) is 0 Å². The van der Waals surface area contributed by atoms with Crippen LogP contribution in [0.25, 0.3) is 0 Å². The minimum atomic E-state index is -3.60. The predicted molar refractivity (Wildman–Crippen MR) is 115 cm³/mol. The molecule has 3 rings (SSSR count). The number of rotatable bonds is 8. The van der Waals surface area contributed by atoms with Crippen molar-refractivity contribution in [3.8, 4) is 11.8 Å². The second-order valence-corrected chi connectivity index (χ2v) is 9.46. The van der Waals surface area contributed by atoms with Crippen molar-refractivity contribution in [3.63, 3.8) is 0 Å². The fourth-order valence-electron chi connectivity index (χ4n) is 3.57.